The summed E-state index contributed by atoms with van der Waals surface area (Å²) in [6.45, 7) is 4.09. The average Bonchev–Trinajstić information content (AvgIpc) is 3.33. The lowest BCUT2D eigenvalue weighted by Gasteiger charge is -2.27. The number of unbranched alkanes of at least 4 members (excludes halogenated alkanes) is 46. The van der Waals surface area contributed by atoms with E-state index in [-0.39, 0.29) is 0 Å². The lowest BCUT2D eigenvalue weighted by Crippen LogP contribution is -2.53. The summed E-state index contributed by atoms with van der Waals surface area (Å²) in [6, 6.07) is -0.999. The molecule has 0 aromatic rings. The van der Waals surface area contributed by atoms with Crippen LogP contribution < -0.4 is 5.32 Å². The summed E-state index contributed by atoms with van der Waals surface area (Å²) < 4.78 is 0. The highest BCUT2D eigenvalue weighted by Crippen LogP contribution is 2.19. The maximum atomic E-state index is 12.6. The van der Waals surface area contributed by atoms with Gasteiger partial charge in [0.05, 0.1) is 18.8 Å². The predicted octanol–water partition coefficient (Wildman–Crippen LogP) is 18.0. The Morgan fingerprint density at radius 2 is 0.612 bits per heavy atom. The van der Waals surface area contributed by atoms with Crippen molar-refractivity contribution >= 4 is 5.91 Å². The summed E-state index contributed by atoms with van der Waals surface area (Å²) in [5.41, 5.74) is 0. The molecule has 0 aromatic heterocycles. The van der Waals surface area contributed by atoms with Gasteiger partial charge < -0.3 is 25.7 Å². The van der Waals surface area contributed by atoms with Crippen molar-refractivity contribution in [3.8, 4) is 0 Å². The van der Waals surface area contributed by atoms with Gasteiger partial charge in [-0.15, -0.1) is 0 Å². The second-order valence-corrected chi connectivity index (χ2v) is 21.4. The molecule has 0 aliphatic rings. The van der Waals surface area contributed by atoms with Crippen LogP contribution in [0.4, 0.5) is 0 Å². The number of nitrogens with one attached hydrogen (secondary N) is 1. The molecule has 0 spiro atoms. The van der Waals surface area contributed by atoms with E-state index in [1.54, 1.807) is 0 Å². The van der Waals surface area contributed by atoms with Crippen LogP contribution in [-0.4, -0.2) is 57.3 Å². The molecule has 400 valence electrons. The highest BCUT2D eigenvalue weighted by Gasteiger charge is 2.28. The van der Waals surface area contributed by atoms with Crippen LogP contribution in [0.1, 0.15) is 341 Å². The minimum atomic E-state index is -1.28. The zero-order valence-corrected chi connectivity index (χ0v) is 45.4. The summed E-state index contributed by atoms with van der Waals surface area (Å²) in [7, 11) is 0. The number of aliphatic hydroxyl groups excluding tert-OH is 4. The van der Waals surface area contributed by atoms with Gasteiger partial charge >= 0.3 is 0 Å². The van der Waals surface area contributed by atoms with Crippen molar-refractivity contribution in [2.45, 2.75) is 366 Å². The minimum absolute atomic E-state index is 0.369. The largest absolute Gasteiger partial charge is 0.394 e. The van der Waals surface area contributed by atoms with Crippen molar-refractivity contribution in [2.75, 3.05) is 6.61 Å². The van der Waals surface area contributed by atoms with Crippen LogP contribution in [0.15, 0.2) is 12.2 Å². The van der Waals surface area contributed by atoms with Gasteiger partial charge in [-0.1, -0.05) is 315 Å². The van der Waals surface area contributed by atoms with E-state index in [0.717, 1.165) is 38.5 Å². The molecular formula is C61H121NO5. The van der Waals surface area contributed by atoms with E-state index in [1.807, 2.05) is 0 Å². The maximum Gasteiger partial charge on any atom is 0.249 e. The van der Waals surface area contributed by atoms with E-state index in [0.29, 0.717) is 12.8 Å². The quantitative estimate of drug-likeness (QED) is 0.0308. The van der Waals surface area contributed by atoms with Gasteiger partial charge in [-0.3, -0.25) is 4.79 Å². The van der Waals surface area contributed by atoms with Crippen molar-refractivity contribution in [3.63, 3.8) is 0 Å². The van der Waals surface area contributed by atoms with Crippen LogP contribution in [0, 0.1) is 0 Å². The van der Waals surface area contributed by atoms with E-state index in [2.05, 4.69) is 31.3 Å². The van der Waals surface area contributed by atoms with Crippen molar-refractivity contribution in [1.29, 1.82) is 0 Å². The number of amides is 1. The average molecular weight is 949 g/mol. The first-order valence-electron chi connectivity index (χ1n) is 30.6. The highest BCUT2D eigenvalue weighted by molar-refractivity contribution is 5.80. The number of aliphatic hydroxyl groups is 4. The molecule has 0 heterocycles. The number of carbonyl (C=O) groups is 1. The molecule has 0 saturated carbocycles. The molecule has 0 aliphatic carbocycles. The molecule has 67 heavy (non-hydrogen) atoms. The third-order valence-corrected chi connectivity index (χ3v) is 14.7. The normalized spacial score (nSPS) is 13.7. The second-order valence-electron chi connectivity index (χ2n) is 21.4. The molecule has 0 rings (SSSR count). The Labute approximate surface area is 419 Å². The molecule has 5 N–H and O–H groups in total. The first kappa shape index (κ1) is 66.0. The number of hydrogen-bond donors (Lipinski definition) is 5. The minimum Gasteiger partial charge on any atom is -0.394 e. The van der Waals surface area contributed by atoms with Gasteiger partial charge in [0, 0.05) is 0 Å². The third-order valence-electron chi connectivity index (χ3n) is 14.7. The van der Waals surface area contributed by atoms with E-state index in [1.165, 1.54) is 276 Å². The predicted molar refractivity (Wildman–Crippen MR) is 293 cm³/mol. The fraction of sp³-hybridized carbons (Fsp3) is 0.951. The molecule has 4 atom stereocenters. The van der Waals surface area contributed by atoms with Crippen LogP contribution in [0.3, 0.4) is 0 Å². The molecule has 6 heteroatoms. The topological polar surface area (TPSA) is 110 Å². The van der Waals surface area contributed by atoms with Crippen LogP contribution in [0.5, 0.6) is 0 Å². The monoisotopic (exact) mass is 948 g/mol. The van der Waals surface area contributed by atoms with Gasteiger partial charge in [0.1, 0.15) is 12.2 Å². The molecule has 0 bridgehead atoms. The fourth-order valence-electron chi connectivity index (χ4n) is 9.94. The molecule has 0 aliphatic heterocycles. The lowest BCUT2D eigenvalue weighted by molar-refractivity contribution is -0.132. The fourth-order valence-corrected chi connectivity index (χ4v) is 9.94. The van der Waals surface area contributed by atoms with Crippen LogP contribution in [0.25, 0.3) is 0 Å². The molecule has 0 saturated heterocycles. The van der Waals surface area contributed by atoms with Crippen LogP contribution in [0.2, 0.25) is 0 Å². The van der Waals surface area contributed by atoms with Crippen LogP contribution >= 0.6 is 0 Å². The van der Waals surface area contributed by atoms with Gasteiger partial charge in [-0.25, -0.2) is 0 Å². The van der Waals surface area contributed by atoms with Crippen molar-refractivity contribution in [2.24, 2.45) is 0 Å². The Balaban J connectivity index is 3.59. The molecule has 1 amide bonds. The van der Waals surface area contributed by atoms with Gasteiger partial charge in [0.15, 0.2) is 0 Å². The maximum absolute atomic E-state index is 12.6. The molecular weight excluding hydrogens is 827 g/mol. The SMILES string of the molecule is CCCCCCCCCCCCCCCCCCCCCCCCCCC/C=C/CCCC(O)C(O)C(CO)NC(=O)C(O)CCCCCCCCCCCCCCCCCCCCCCC. The number of hydrogen-bond acceptors (Lipinski definition) is 5. The standard InChI is InChI=1S/C61H121NO5/c1-3-5-7-9-11-13-15-17-19-21-23-25-26-27-28-29-30-31-32-33-35-36-38-40-42-44-46-48-50-52-54-58(64)60(66)57(56-63)62-61(67)59(65)55-53-51-49-47-45-43-41-39-37-34-24-22-20-18-16-14-12-10-8-6-4-2/h46,48,57-60,63-66H,3-45,47,49-56H2,1-2H3,(H,62,67)/b48-46+. The Kier molecular flexibility index (Phi) is 55.2. The van der Waals surface area contributed by atoms with Gasteiger partial charge in [-0.2, -0.15) is 0 Å². The van der Waals surface area contributed by atoms with Crippen molar-refractivity contribution < 1.29 is 25.2 Å². The summed E-state index contributed by atoms with van der Waals surface area (Å²) in [4.78, 5) is 12.6. The molecule has 6 nitrogen and oxygen atoms in total. The Morgan fingerprint density at radius 3 is 0.896 bits per heavy atom. The number of allylic oxidation sites excluding steroid dienone is 2. The lowest BCUT2D eigenvalue weighted by atomic mass is 10.00. The summed E-state index contributed by atoms with van der Waals surface area (Å²) in [5.74, 6) is -0.586. The Hall–Kier alpha value is -0.950. The molecule has 4 unspecified atom stereocenters. The van der Waals surface area contributed by atoms with Gasteiger partial charge in [0.2, 0.25) is 5.91 Å². The van der Waals surface area contributed by atoms with Crippen molar-refractivity contribution in [1.82, 2.24) is 5.32 Å². The molecule has 0 aromatic carbocycles. The zero-order chi connectivity index (χ0) is 48.8. The van der Waals surface area contributed by atoms with E-state index in [9.17, 15) is 25.2 Å². The Bertz CT molecular complexity index is 975. The van der Waals surface area contributed by atoms with E-state index < -0.39 is 36.9 Å². The van der Waals surface area contributed by atoms with Crippen molar-refractivity contribution in [3.05, 3.63) is 12.2 Å². The van der Waals surface area contributed by atoms with Gasteiger partial charge in [-0.05, 0) is 38.5 Å². The summed E-state index contributed by atoms with van der Waals surface area (Å²) in [5, 5.41) is 44.0. The number of rotatable bonds is 57. The first-order valence-corrected chi connectivity index (χ1v) is 30.6. The Morgan fingerprint density at radius 1 is 0.358 bits per heavy atom. The first-order chi connectivity index (χ1) is 33.0. The molecule has 0 fully saturated rings. The zero-order valence-electron chi connectivity index (χ0n) is 45.4. The second kappa shape index (κ2) is 56.0. The highest BCUT2D eigenvalue weighted by atomic mass is 16.3. The molecule has 0 radical (unpaired) electrons. The van der Waals surface area contributed by atoms with Gasteiger partial charge in [0.25, 0.3) is 0 Å². The van der Waals surface area contributed by atoms with Crippen LogP contribution in [-0.2, 0) is 4.79 Å². The third kappa shape index (κ3) is 49.8. The van der Waals surface area contributed by atoms with E-state index >= 15 is 0 Å². The smallest absolute Gasteiger partial charge is 0.249 e. The van der Waals surface area contributed by atoms with E-state index in [4.69, 9.17) is 0 Å². The number of carbonyl (C=O) groups excluding carboxylic acids is 1. The summed E-state index contributed by atoms with van der Waals surface area (Å²) in [6.07, 6.45) is 67.3. The summed E-state index contributed by atoms with van der Waals surface area (Å²) >= 11 is 0.